The molecule has 0 radical (unpaired) electrons. The van der Waals surface area contributed by atoms with E-state index in [0.29, 0.717) is 5.69 Å². The van der Waals surface area contributed by atoms with Crippen molar-refractivity contribution >= 4 is 32.7 Å². The lowest BCUT2D eigenvalue weighted by Gasteiger charge is -2.26. The smallest absolute Gasteiger partial charge is 0.216 e. The highest BCUT2D eigenvalue weighted by Gasteiger charge is 2.21. The Balaban J connectivity index is 1.65. The van der Waals surface area contributed by atoms with Gasteiger partial charge in [-0.25, -0.2) is 4.98 Å². The number of benzene rings is 2. The fourth-order valence-electron chi connectivity index (χ4n) is 4.01. The lowest BCUT2D eigenvalue weighted by atomic mass is 10.1. The summed E-state index contributed by atoms with van der Waals surface area (Å²) in [5.74, 6) is 0.814. The maximum absolute atomic E-state index is 9.97. The van der Waals surface area contributed by atoms with Crippen LogP contribution in [0.5, 0.6) is 0 Å². The van der Waals surface area contributed by atoms with E-state index in [9.17, 15) is 5.26 Å². The van der Waals surface area contributed by atoms with Crippen LogP contribution >= 0.6 is 15.9 Å². The molecular weight excluding hydrogens is 430 g/mol. The molecule has 29 heavy (non-hydrogen) atoms. The van der Waals surface area contributed by atoms with Gasteiger partial charge in [-0.1, -0.05) is 40.2 Å². The molecule has 1 fully saturated rings. The number of para-hydroxylation sites is 2. The van der Waals surface area contributed by atoms with Gasteiger partial charge in [-0.2, -0.15) is 5.26 Å². The number of ether oxygens (including phenoxy) is 1. The van der Waals surface area contributed by atoms with Gasteiger partial charge in [-0.3, -0.25) is 9.30 Å². The highest BCUT2D eigenvalue weighted by Crippen LogP contribution is 2.30. The van der Waals surface area contributed by atoms with Gasteiger partial charge in [-0.05, 0) is 24.3 Å². The fraction of sp³-hybridized carbons (Fsp3) is 0.273. The third kappa shape index (κ3) is 3.23. The number of fused-ring (bicyclic) bond motifs is 3. The van der Waals surface area contributed by atoms with E-state index < -0.39 is 0 Å². The Morgan fingerprint density at radius 3 is 2.45 bits per heavy atom. The number of rotatable bonds is 4. The largest absolute Gasteiger partial charge is 0.379 e. The molecule has 0 bridgehead atoms. The van der Waals surface area contributed by atoms with Crippen molar-refractivity contribution in [1.82, 2.24) is 18.9 Å². The molecule has 0 amide bonds. The summed E-state index contributed by atoms with van der Waals surface area (Å²) in [5.41, 5.74) is 4.35. The first kappa shape index (κ1) is 18.4. The Bertz CT molecular complexity index is 1210. The van der Waals surface area contributed by atoms with Crippen LogP contribution in [-0.4, -0.2) is 51.7 Å². The maximum atomic E-state index is 9.97. The minimum Gasteiger partial charge on any atom is -0.379 e. The molecule has 2 aromatic carbocycles. The van der Waals surface area contributed by atoms with Gasteiger partial charge in [0.05, 0.1) is 24.2 Å². The number of aromatic nitrogens is 3. The molecule has 1 aliphatic heterocycles. The molecular formula is C22H20BrN5O. The average molecular weight is 450 g/mol. The van der Waals surface area contributed by atoms with Gasteiger partial charge in [-0.15, -0.1) is 0 Å². The molecule has 3 heterocycles. The van der Waals surface area contributed by atoms with E-state index in [4.69, 9.17) is 9.72 Å². The van der Waals surface area contributed by atoms with Crippen molar-refractivity contribution < 1.29 is 4.74 Å². The van der Waals surface area contributed by atoms with E-state index in [1.165, 1.54) is 0 Å². The first-order chi connectivity index (χ1) is 14.3. The second kappa shape index (κ2) is 7.64. The Morgan fingerprint density at radius 2 is 1.72 bits per heavy atom. The van der Waals surface area contributed by atoms with Crippen LogP contribution < -0.4 is 0 Å². The predicted molar refractivity (Wildman–Crippen MR) is 116 cm³/mol. The van der Waals surface area contributed by atoms with Crippen LogP contribution in [0.2, 0.25) is 0 Å². The molecule has 1 aliphatic rings. The van der Waals surface area contributed by atoms with Gasteiger partial charge in [0.2, 0.25) is 5.78 Å². The van der Waals surface area contributed by atoms with Crippen LogP contribution in [0.15, 0.2) is 53.0 Å². The van der Waals surface area contributed by atoms with Gasteiger partial charge in [0.1, 0.15) is 11.8 Å². The molecule has 6 nitrogen and oxygen atoms in total. The standard InChI is InChI=1S/C22H20BrN5O/c23-17-7-5-16(6-8-17)21-20(15-24)28-19-4-2-1-3-18(19)27(22(28)25-21)10-9-26-11-13-29-14-12-26/h1-8H,9-14H2. The molecule has 0 aliphatic carbocycles. The topological polar surface area (TPSA) is 58.5 Å². The lowest BCUT2D eigenvalue weighted by molar-refractivity contribution is 0.0366. The van der Waals surface area contributed by atoms with Crippen molar-refractivity contribution in [3.8, 4) is 17.3 Å². The summed E-state index contributed by atoms with van der Waals surface area (Å²) in [6, 6.07) is 18.5. The summed E-state index contributed by atoms with van der Waals surface area (Å²) in [7, 11) is 0. The molecule has 4 aromatic rings. The number of nitrogens with zero attached hydrogens (tertiary/aromatic N) is 5. The molecule has 1 saturated heterocycles. The number of imidazole rings is 2. The van der Waals surface area contributed by atoms with Gasteiger partial charge in [0.25, 0.3) is 0 Å². The van der Waals surface area contributed by atoms with Crippen molar-refractivity contribution in [3.63, 3.8) is 0 Å². The summed E-state index contributed by atoms with van der Waals surface area (Å²) in [5, 5.41) is 9.97. The lowest BCUT2D eigenvalue weighted by Crippen LogP contribution is -2.38. The zero-order valence-electron chi connectivity index (χ0n) is 15.9. The van der Waals surface area contributed by atoms with E-state index in [-0.39, 0.29) is 0 Å². The number of nitriles is 1. The molecule has 0 unspecified atom stereocenters. The van der Waals surface area contributed by atoms with E-state index in [1.807, 2.05) is 40.8 Å². The van der Waals surface area contributed by atoms with Gasteiger partial charge in [0, 0.05) is 36.2 Å². The Morgan fingerprint density at radius 1 is 1.00 bits per heavy atom. The molecule has 0 spiro atoms. The average Bonchev–Trinajstić information content (AvgIpc) is 3.28. The Labute approximate surface area is 177 Å². The normalized spacial score (nSPS) is 15.2. The van der Waals surface area contributed by atoms with E-state index >= 15 is 0 Å². The van der Waals surface area contributed by atoms with Gasteiger partial charge in [0.15, 0.2) is 5.69 Å². The second-order valence-electron chi connectivity index (χ2n) is 7.16. The third-order valence-electron chi connectivity index (χ3n) is 5.48. The molecule has 146 valence electrons. The quantitative estimate of drug-likeness (QED) is 0.473. The first-order valence-electron chi connectivity index (χ1n) is 9.72. The Kier molecular flexibility index (Phi) is 4.84. The van der Waals surface area contributed by atoms with Gasteiger partial charge >= 0.3 is 0 Å². The summed E-state index contributed by atoms with van der Waals surface area (Å²) in [4.78, 5) is 7.34. The monoisotopic (exact) mass is 449 g/mol. The van der Waals surface area contributed by atoms with Crippen LogP contribution in [-0.2, 0) is 11.3 Å². The number of halogens is 1. The zero-order chi connectivity index (χ0) is 19.8. The van der Waals surface area contributed by atoms with E-state index in [2.05, 4.69) is 43.6 Å². The molecule has 0 atom stereocenters. The van der Waals surface area contributed by atoms with Crippen molar-refractivity contribution in [1.29, 1.82) is 5.26 Å². The van der Waals surface area contributed by atoms with Crippen molar-refractivity contribution in [3.05, 3.63) is 58.7 Å². The van der Waals surface area contributed by atoms with Crippen LogP contribution in [0.3, 0.4) is 0 Å². The highest BCUT2D eigenvalue weighted by molar-refractivity contribution is 9.10. The first-order valence-corrected chi connectivity index (χ1v) is 10.5. The number of hydrogen-bond donors (Lipinski definition) is 0. The van der Waals surface area contributed by atoms with E-state index in [0.717, 1.165) is 71.9 Å². The van der Waals surface area contributed by atoms with Gasteiger partial charge < -0.3 is 9.30 Å². The van der Waals surface area contributed by atoms with Crippen LogP contribution in [0.25, 0.3) is 28.1 Å². The van der Waals surface area contributed by atoms with E-state index in [1.54, 1.807) is 0 Å². The third-order valence-corrected chi connectivity index (χ3v) is 6.01. The molecule has 5 rings (SSSR count). The highest BCUT2D eigenvalue weighted by atomic mass is 79.9. The van der Waals surface area contributed by atoms with Crippen molar-refractivity contribution in [2.45, 2.75) is 6.54 Å². The summed E-state index contributed by atoms with van der Waals surface area (Å²) in [6.45, 7) is 5.24. The Hall–Kier alpha value is -2.66. The minimum atomic E-state index is 0.573. The summed E-state index contributed by atoms with van der Waals surface area (Å²) in [6.07, 6.45) is 0. The molecule has 7 heteroatoms. The summed E-state index contributed by atoms with van der Waals surface area (Å²) < 4.78 is 10.7. The zero-order valence-corrected chi connectivity index (χ0v) is 17.5. The van der Waals surface area contributed by atoms with Crippen molar-refractivity contribution in [2.24, 2.45) is 0 Å². The molecule has 2 aromatic heterocycles. The number of morpholine rings is 1. The molecule has 0 N–H and O–H groups in total. The fourth-order valence-corrected chi connectivity index (χ4v) is 4.27. The maximum Gasteiger partial charge on any atom is 0.216 e. The second-order valence-corrected chi connectivity index (χ2v) is 8.07. The SMILES string of the molecule is N#Cc1c(-c2ccc(Br)cc2)nc2n(CCN3CCOCC3)c3ccccc3n12. The van der Waals surface area contributed by atoms with Crippen LogP contribution in [0.1, 0.15) is 5.69 Å². The minimum absolute atomic E-state index is 0.573. The van der Waals surface area contributed by atoms with Crippen molar-refractivity contribution in [2.75, 3.05) is 32.8 Å². The van der Waals surface area contributed by atoms with Crippen LogP contribution in [0.4, 0.5) is 0 Å². The number of hydrogen-bond acceptors (Lipinski definition) is 4. The summed E-state index contributed by atoms with van der Waals surface area (Å²) >= 11 is 3.47. The predicted octanol–water partition coefficient (Wildman–Crippen LogP) is 3.92. The molecule has 0 saturated carbocycles. The van der Waals surface area contributed by atoms with Crippen LogP contribution in [0, 0.1) is 11.3 Å².